The first kappa shape index (κ1) is 19.7. The molecule has 2 amide bonds. The van der Waals surface area contributed by atoms with Crippen LogP contribution in [0.5, 0.6) is 0 Å². The van der Waals surface area contributed by atoms with E-state index in [-0.39, 0.29) is 17.1 Å². The molecule has 3 rings (SSSR count). The topological polar surface area (TPSA) is 94.9 Å². The van der Waals surface area contributed by atoms with Crippen molar-refractivity contribution in [1.29, 1.82) is 5.26 Å². The Balaban J connectivity index is 1.58. The third-order valence-corrected chi connectivity index (χ3v) is 4.14. The zero-order valence-corrected chi connectivity index (χ0v) is 15.4. The summed E-state index contributed by atoms with van der Waals surface area (Å²) in [5.41, 5.74) is 2.34. The first-order valence-electron chi connectivity index (χ1n) is 8.85. The summed E-state index contributed by atoms with van der Waals surface area (Å²) in [6, 6.07) is 17.4. The summed E-state index contributed by atoms with van der Waals surface area (Å²) in [5.74, 6) is -1.10. The maximum atomic E-state index is 12.9. The van der Waals surface area contributed by atoms with Gasteiger partial charge in [0.05, 0.1) is 11.6 Å². The van der Waals surface area contributed by atoms with Crippen molar-refractivity contribution >= 4 is 17.5 Å². The van der Waals surface area contributed by atoms with Crippen molar-refractivity contribution < 1.29 is 14.0 Å². The Kier molecular flexibility index (Phi) is 6.28. The van der Waals surface area contributed by atoms with E-state index in [0.29, 0.717) is 24.2 Å². The quantitative estimate of drug-likeness (QED) is 0.677. The van der Waals surface area contributed by atoms with Gasteiger partial charge in [-0.1, -0.05) is 12.1 Å². The van der Waals surface area contributed by atoms with Crippen LogP contribution < -0.4 is 10.6 Å². The molecule has 0 unspecified atom stereocenters. The Hall–Kier alpha value is -4.05. The van der Waals surface area contributed by atoms with Crippen LogP contribution in [0, 0.1) is 17.1 Å². The number of nitrogens with one attached hydrogen (secondary N) is 2. The van der Waals surface area contributed by atoms with E-state index in [9.17, 15) is 14.0 Å². The van der Waals surface area contributed by atoms with Crippen LogP contribution in [-0.2, 0) is 6.42 Å². The van der Waals surface area contributed by atoms with Gasteiger partial charge in [0.2, 0.25) is 0 Å². The number of carbonyl (C=O) groups excluding carboxylic acids is 2. The molecule has 3 aromatic rings. The summed E-state index contributed by atoms with van der Waals surface area (Å²) in [4.78, 5) is 28.7. The number of pyridine rings is 1. The van der Waals surface area contributed by atoms with Crippen LogP contribution in [0.1, 0.15) is 32.0 Å². The first-order chi connectivity index (χ1) is 14.0. The van der Waals surface area contributed by atoms with Crippen molar-refractivity contribution in [2.24, 2.45) is 0 Å². The van der Waals surface area contributed by atoms with Gasteiger partial charge in [0.25, 0.3) is 11.8 Å². The van der Waals surface area contributed by atoms with E-state index in [0.717, 1.165) is 5.56 Å². The highest BCUT2D eigenvalue weighted by molar-refractivity contribution is 6.05. The molecule has 1 heterocycles. The highest BCUT2D eigenvalue weighted by Gasteiger charge is 2.12. The zero-order valence-electron chi connectivity index (χ0n) is 15.4. The molecule has 0 radical (unpaired) electrons. The highest BCUT2D eigenvalue weighted by Crippen LogP contribution is 2.11. The molecule has 2 N–H and O–H groups in total. The summed E-state index contributed by atoms with van der Waals surface area (Å²) in [6.45, 7) is 0.355. The molecule has 6 nitrogen and oxygen atoms in total. The summed E-state index contributed by atoms with van der Waals surface area (Å²) in [6.07, 6.45) is 1.94. The Labute approximate surface area is 167 Å². The maximum absolute atomic E-state index is 12.9. The molecule has 0 spiro atoms. The van der Waals surface area contributed by atoms with Crippen molar-refractivity contribution in [2.45, 2.75) is 6.42 Å². The molecule has 0 saturated carbocycles. The van der Waals surface area contributed by atoms with Gasteiger partial charge in [0.15, 0.2) is 0 Å². The molecule has 0 fully saturated rings. The lowest BCUT2D eigenvalue weighted by atomic mass is 10.1. The molecule has 2 aromatic carbocycles. The van der Waals surface area contributed by atoms with Crippen LogP contribution in [0.2, 0.25) is 0 Å². The number of carbonyl (C=O) groups is 2. The monoisotopic (exact) mass is 388 g/mol. The second kappa shape index (κ2) is 9.24. The van der Waals surface area contributed by atoms with Crippen molar-refractivity contribution in [3.8, 4) is 6.07 Å². The number of hydrogen-bond donors (Lipinski definition) is 2. The number of hydrogen-bond acceptors (Lipinski definition) is 4. The fraction of sp³-hybridized carbons (Fsp3) is 0.0909. The number of amides is 2. The Morgan fingerprint density at radius 2 is 1.72 bits per heavy atom. The number of nitriles is 1. The third kappa shape index (κ3) is 5.47. The number of anilines is 1. The van der Waals surface area contributed by atoms with Crippen molar-refractivity contribution in [3.63, 3.8) is 0 Å². The molecule has 1 aromatic heterocycles. The fourth-order valence-electron chi connectivity index (χ4n) is 2.59. The fourth-order valence-corrected chi connectivity index (χ4v) is 2.59. The third-order valence-electron chi connectivity index (χ3n) is 4.14. The smallest absolute Gasteiger partial charge is 0.269 e. The minimum atomic E-state index is -0.403. The lowest BCUT2D eigenvalue weighted by Gasteiger charge is -2.08. The van der Waals surface area contributed by atoms with E-state index in [2.05, 4.69) is 15.6 Å². The Bertz CT molecular complexity index is 1060. The molecule has 0 aliphatic rings. The largest absolute Gasteiger partial charge is 0.350 e. The average molecular weight is 388 g/mol. The van der Waals surface area contributed by atoms with Crippen molar-refractivity contribution in [1.82, 2.24) is 10.3 Å². The number of benzene rings is 2. The minimum Gasteiger partial charge on any atom is -0.350 e. The van der Waals surface area contributed by atoms with Crippen LogP contribution in [0.15, 0.2) is 66.9 Å². The average Bonchev–Trinajstić information content (AvgIpc) is 2.75. The molecule has 0 bridgehead atoms. The van der Waals surface area contributed by atoms with Gasteiger partial charge in [0, 0.05) is 24.0 Å². The van der Waals surface area contributed by atoms with Gasteiger partial charge in [-0.3, -0.25) is 14.6 Å². The van der Waals surface area contributed by atoms with Crippen molar-refractivity contribution in [3.05, 3.63) is 95.1 Å². The molecule has 0 saturated heterocycles. The van der Waals surface area contributed by atoms with Gasteiger partial charge in [0.1, 0.15) is 11.5 Å². The summed E-state index contributed by atoms with van der Waals surface area (Å²) in [7, 11) is 0. The van der Waals surface area contributed by atoms with E-state index in [1.807, 2.05) is 6.07 Å². The first-order valence-corrected chi connectivity index (χ1v) is 8.85. The standard InChI is InChI=1S/C22H17FN4O2/c23-18-5-1-15(2-6-18)9-11-26-22(29)20-13-17(10-12-25-20)21(28)27-19-7-3-16(14-24)4-8-19/h1-8,10,12-13H,9,11H2,(H,26,29)(H,27,28). The predicted molar refractivity (Wildman–Crippen MR) is 106 cm³/mol. The molecule has 0 atom stereocenters. The van der Waals surface area contributed by atoms with E-state index in [1.54, 1.807) is 36.4 Å². The maximum Gasteiger partial charge on any atom is 0.269 e. The zero-order chi connectivity index (χ0) is 20.6. The number of rotatable bonds is 6. The predicted octanol–water partition coefficient (Wildman–Crippen LogP) is 3.32. The molecule has 7 heteroatoms. The highest BCUT2D eigenvalue weighted by atomic mass is 19.1. The van der Waals surface area contributed by atoms with Crippen LogP contribution in [0.4, 0.5) is 10.1 Å². The second-order valence-corrected chi connectivity index (χ2v) is 6.21. The molecule has 144 valence electrons. The van der Waals surface area contributed by atoms with Crippen LogP contribution >= 0.6 is 0 Å². The molecular weight excluding hydrogens is 371 g/mol. The van der Waals surface area contributed by atoms with Gasteiger partial charge in [-0.15, -0.1) is 0 Å². The van der Waals surface area contributed by atoms with Gasteiger partial charge in [-0.2, -0.15) is 5.26 Å². The van der Waals surface area contributed by atoms with Crippen LogP contribution in [0.25, 0.3) is 0 Å². The van der Waals surface area contributed by atoms with Gasteiger partial charge >= 0.3 is 0 Å². The summed E-state index contributed by atoms with van der Waals surface area (Å²) in [5, 5.41) is 14.3. The summed E-state index contributed by atoms with van der Waals surface area (Å²) >= 11 is 0. The normalized spacial score (nSPS) is 10.1. The van der Waals surface area contributed by atoms with E-state index in [4.69, 9.17) is 5.26 Å². The van der Waals surface area contributed by atoms with Crippen molar-refractivity contribution in [2.75, 3.05) is 11.9 Å². The van der Waals surface area contributed by atoms with Crippen LogP contribution in [-0.4, -0.2) is 23.3 Å². The molecular formula is C22H17FN4O2. The SMILES string of the molecule is N#Cc1ccc(NC(=O)c2ccnc(C(=O)NCCc3ccc(F)cc3)c2)cc1. The number of halogens is 1. The molecule has 29 heavy (non-hydrogen) atoms. The van der Waals surface area contributed by atoms with E-state index < -0.39 is 11.8 Å². The van der Waals surface area contributed by atoms with E-state index in [1.165, 1.54) is 30.5 Å². The molecule has 0 aliphatic heterocycles. The Morgan fingerprint density at radius 1 is 1.00 bits per heavy atom. The van der Waals surface area contributed by atoms with Gasteiger partial charge in [-0.05, 0) is 60.5 Å². The Morgan fingerprint density at radius 3 is 2.41 bits per heavy atom. The minimum absolute atomic E-state index is 0.122. The lowest BCUT2D eigenvalue weighted by Crippen LogP contribution is -2.27. The summed E-state index contributed by atoms with van der Waals surface area (Å²) < 4.78 is 12.9. The van der Waals surface area contributed by atoms with Crippen LogP contribution in [0.3, 0.4) is 0 Å². The lowest BCUT2D eigenvalue weighted by molar-refractivity contribution is 0.0949. The number of nitrogens with zero attached hydrogens (tertiary/aromatic N) is 2. The number of aromatic nitrogens is 1. The van der Waals surface area contributed by atoms with Gasteiger partial charge < -0.3 is 10.6 Å². The van der Waals surface area contributed by atoms with E-state index >= 15 is 0 Å². The van der Waals surface area contributed by atoms with Gasteiger partial charge in [-0.25, -0.2) is 4.39 Å². The second-order valence-electron chi connectivity index (χ2n) is 6.21. The molecule has 0 aliphatic carbocycles.